The van der Waals surface area contributed by atoms with E-state index >= 15 is 0 Å². The van der Waals surface area contributed by atoms with E-state index in [0.29, 0.717) is 12.1 Å². The molecule has 0 aromatic heterocycles. The van der Waals surface area contributed by atoms with E-state index in [0.717, 1.165) is 5.56 Å². The maximum atomic E-state index is 13.3. The standard InChI is InChI=1S/C14H21FN2O/c1-9(2)14(4,8-16)17-13(18)11-5-10(3)6-12(15)7-11/h5-7,9H,8,16H2,1-4H3,(H,17,18). The van der Waals surface area contributed by atoms with E-state index in [1.807, 2.05) is 20.8 Å². The van der Waals surface area contributed by atoms with Gasteiger partial charge in [0.05, 0.1) is 5.54 Å². The number of hydrogen-bond donors (Lipinski definition) is 2. The van der Waals surface area contributed by atoms with E-state index in [2.05, 4.69) is 5.32 Å². The fraction of sp³-hybridized carbons (Fsp3) is 0.500. The first-order chi connectivity index (χ1) is 8.28. The Kier molecular flexibility index (Phi) is 4.46. The molecule has 1 unspecified atom stereocenters. The first-order valence-electron chi connectivity index (χ1n) is 6.08. The molecule has 100 valence electrons. The molecule has 1 atom stereocenters. The second-order valence-corrected chi connectivity index (χ2v) is 5.25. The van der Waals surface area contributed by atoms with Gasteiger partial charge in [-0.2, -0.15) is 0 Å². The average Bonchev–Trinajstić information content (AvgIpc) is 2.27. The number of rotatable bonds is 4. The van der Waals surface area contributed by atoms with Crippen molar-refractivity contribution in [3.8, 4) is 0 Å². The zero-order valence-electron chi connectivity index (χ0n) is 11.4. The number of halogens is 1. The van der Waals surface area contributed by atoms with Crippen molar-refractivity contribution in [3.63, 3.8) is 0 Å². The van der Waals surface area contributed by atoms with E-state index in [1.165, 1.54) is 12.1 Å². The number of aryl methyl sites for hydroxylation is 1. The molecule has 0 spiro atoms. The Labute approximate surface area is 108 Å². The number of amides is 1. The zero-order chi connectivity index (χ0) is 13.9. The average molecular weight is 252 g/mol. The van der Waals surface area contributed by atoms with E-state index in [1.54, 1.807) is 13.0 Å². The summed E-state index contributed by atoms with van der Waals surface area (Å²) in [5, 5.41) is 2.88. The van der Waals surface area contributed by atoms with Crippen LogP contribution in [0.1, 0.15) is 36.7 Å². The van der Waals surface area contributed by atoms with Crippen molar-refractivity contribution >= 4 is 5.91 Å². The highest BCUT2D eigenvalue weighted by molar-refractivity contribution is 5.94. The minimum Gasteiger partial charge on any atom is -0.345 e. The second-order valence-electron chi connectivity index (χ2n) is 5.25. The molecule has 18 heavy (non-hydrogen) atoms. The monoisotopic (exact) mass is 252 g/mol. The van der Waals surface area contributed by atoms with Gasteiger partial charge in [-0.1, -0.05) is 13.8 Å². The van der Waals surface area contributed by atoms with Crippen LogP contribution in [0.15, 0.2) is 18.2 Å². The van der Waals surface area contributed by atoms with E-state index in [4.69, 9.17) is 5.73 Å². The summed E-state index contributed by atoms with van der Waals surface area (Å²) in [6.07, 6.45) is 0. The molecule has 3 nitrogen and oxygen atoms in total. The van der Waals surface area contributed by atoms with Crippen LogP contribution in [-0.4, -0.2) is 18.0 Å². The quantitative estimate of drug-likeness (QED) is 0.863. The van der Waals surface area contributed by atoms with Gasteiger partial charge in [0.15, 0.2) is 0 Å². The first-order valence-corrected chi connectivity index (χ1v) is 6.08. The van der Waals surface area contributed by atoms with Crippen molar-refractivity contribution in [2.45, 2.75) is 33.2 Å². The van der Waals surface area contributed by atoms with Gasteiger partial charge in [-0.3, -0.25) is 4.79 Å². The van der Waals surface area contributed by atoms with Gasteiger partial charge < -0.3 is 11.1 Å². The number of carbonyl (C=O) groups is 1. The number of carbonyl (C=O) groups excluding carboxylic acids is 1. The summed E-state index contributed by atoms with van der Waals surface area (Å²) in [5.74, 6) is -0.500. The molecule has 0 bridgehead atoms. The maximum absolute atomic E-state index is 13.3. The summed E-state index contributed by atoms with van der Waals surface area (Å²) in [4.78, 5) is 12.1. The van der Waals surface area contributed by atoms with Gasteiger partial charge in [0.1, 0.15) is 5.82 Å². The number of nitrogens with one attached hydrogen (secondary N) is 1. The molecule has 0 saturated carbocycles. The number of hydrogen-bond acceptors (Lipinski definition) is 2. The smallest absolute Gasteiger partial charge is 0.251 e. The van der Waals surface area contributed by atoms with E-state index in [-0.39, 0.29) is 11.8 Å². The number of nitrogens with two attached hydrogens (primary N) is 1. The zero-order valence-corrected chi connectivity index (χ0v) is 11.4. The molecule has 0 aliphatic heterocycles. The predicted octanol–water partition coefficient (Wildman–Crippen LogP) is 2.24. The van der Waals surface area contributed by atoms with E-state index < -0.39 is 11.4 Å². The highest BCUT2D eigenvalue weighted by atomic mass is 19.1. The largest absolute Gasteiger partial charge is 0.345 e. The Morgan fingerprint density at radius 1 is 1.44 bits per heavy atom. The Bertz CT molecular complexity index is 425. The van der Waals surface area contributed by atoms with Gasteiger partial charge in [0, 0.05) is 12.1 Å². The lowest BCUT2D eigenvalue weighted by Gasteiger charge is -2.33. The lowest BCUT2D eigenvalue weighted by molar-refractivity contribution is 0.0882. The Balaban J connectivity index is 2.94. The van der Waals surface area contributed by atoms with Crippen molar-refractivity contribution in [2.75, 3.05) is 6.54 Å². The summed E-state index contributed by atoms with van der Waals surface area (Å²) < 4.78 is 13.3. The molecule has 0 radical (unpaired) electrons. The predicted molar refractivity (Wildman–Crippen MR) is 70.9 cm³/mol. The highest BCUT2D eigenvalue weighted by Crippen LogP contribution is 2.16. The van der Waals surface area contributed by atoms with Crippen LogP contribution in [0, 0.1) is 18.7 Å². The van der Waals surface area contributed by atoms with Crippen LogP contribution in [0.25, 0.3) is 0 Å². The molecule has 1 aromatic rings. The summed E-state index contributed by atoms with van der Waals surface area (Å²) in [5.41, 5.74) is 6.26. The number of benzene rings is 1. The molecule has 0 fully saturated rings. The van der Waals surface area contributed by atoms with Gasteiger partial charge in [0.25, 0.3) is 5.91 Å². The summed E-state index contributed by atoms with van der Waals surface area (Å²) >= 11 is 0. The third-order valence-corrected chi connectivity index (χ3v) is 3.40. The highest BCUT2D eigenvalue weighted by Gasteiger charge is 2.29. The fourth-order valence-electron chi connectivity index (χ4n) is 1.63. The van der Waals surface area contributed by atoms with Crippen molar-refractivity contribution in [1.82, 2.24) is 5.32 Å². The van der Waals surface area contributed by atoms with Gasteiger partial charge >= 0.3 is 0 Å². The van der Waals surface area contributed by atoms with Crippen LogP contribution < -0.4 is 11.1 Å². The van der Waals surface area contributed by atoms with Crippen molar-refractivity contribution in [3.05, 3.63) is 35.1 Å². The Morgan fingerprint density at radius 2 is 2.06 bits per heavy atom. The van der Waals surface area contributed by atoms with Gasteiger partial charge in [0.2, 0.25) is 0 Å². The molecule has 1 amide bonds. The molecule has 1 aromatic carbocycles. The molecular formula is C14H21FN2O. The van der Waals surface area contributed by atoms with E-state index in [9.17, 15) is 9.18 Å². The van der Waals surface area contributed by atoms with Gasteiger partial charge in [-0.05, 0) is 43.5 Å². The third kappa shape index (κ3) is 3.29. The molecule has 0 saturated heterocycles. The fourth-order valence-corrected chi connectivity index (χ4v) is 1.63. The van der Waals surface area contributed by atoms with Crippen molar-refractivity contribution in [2.24, 2.45) is 11.7 Å². The van der Waals surface area contributed by atoms with Gasteiger partial charge in [-0.25, -0.2) is 4.39 Å². The summed E-state index contributed by atoms with van der Waals surface area (Å²) in [7, 11) is 0. The first kappa shape index (κ1) is 14.6. The van der Waals surface area contributed by atoms with Crippen molar-refractivity contribution < 1.29 is 9.18 Å². The molecule has 0 aliphatic rings. The molecule has 1 rings (SSSR count). The summed E-state index contributed by atoms with van der Waals surface area (Å²) in [6, 6.07) is 4.29. The van der Waals surface area contributed by atoms with Gasteiger partial charge in [-0.15, -0.1) is 0 Å². The van der Waals surface area contributed by atoms with Crippen LogP contribution >= 0.6 is 0 Å². The van der Waals surface area contributed by atoms with Crippen LogP contribution in [0.5, 0.6) is 0 Å². The minimum atomic E-state index is -0.489. The molecule has 0 heterocycles. The Hall–Kier alpha value is -1.42. The molecule has 3 N–H and O–H groups in total. The minimum absolute atomic E-state index is 0.195. The van der Waals surface area contributed by atoms with Crippen molar-refractivity contribution in [1.29, 1.82) is 0 Å². The van der Waals surface area contributed by atoms with Crippen LogP contribution in [0.3, 0.4) is 0 Å². The second kappa shape index (κ2) is 5.48. The topological polar surface area (TPSA) is 55.1 Å². The SMILES string of the molecule is Cc1cc(F)cc(C(=O)NC(C)(CN)C(C)C)c1. The normalized spacial score (nSPS) is 14.4. The third-order valence-electron chi connectivity index (χ3n) is 3.40. The summed E-state index contributed by atoms with van der Waals surface area (Å²) in [6.45, 7) is 7.96. The molecule has 0 aliphatic carbocycles. The lowest BCUT2D eigenvalue weighted by Crippen LogP contribution is -2.55. The van der Waals surface area contributed by atoms with Crippen LogP contribution in [0.2, 0.25) is 0 Å². The molecular weight excluding hydrogens is 231 g/mol. The van der Waals surface area contributed by atoms with Crippen LogP contribution in [0.4, 0.5) is 4.39 Å². The maximum Gasteiger partial charge on any atom is 0.251 e. The lowest BCUT2D eigenvalue weighted by atomic mass is 9.88. The Morgan fingerprint density at radius 3 is 2.50 bits per heavy atom. The van der Waals surface area contributed by atoms with Crippen LogP contribution in [-0.2, 0) is 0 Å². The molecule has 4 heteroatoms.